The Balaban J connectivity index is 1.63. The SMILES string of the molecule is COC(=O)CCc1ccc(N(c2ccccc2)c2ccc(-c3ccc(C=O)s3)cc2)cc1. The lowest BCUT2D eigenvalue weighted by molar-refractivity contribution is -0.140. The molecule has 0 aliphatic heterocycles. The van der Waals surface area contributed by atoms with Gasteiger partial charge in [0.2, 0.25) is 0 Å². The minimum atomic E-state index is -0.203. The predicted molar refractivity (Wildman–Crippen MR) is 130 cm³/mol. The first kappa shape index (κ1) is 21.5. The van der Waals surface area contributed by atoms with Gasteiger partial charge >= 0.3 is 5.97 Å². The molecule has 0 fully saturated rings. The summed E-state index contributed by atoms with van der Waals surface area (Å²) in [7, 11) is 1.41. The average Bonchev–Trinajstić information content (AvgIpc) is 3.34. The quantitative estimate of drug-likeness (QED) is 0.223. The third-order valence-electron chi connectivity index (χ3n) is 5.21. The van der Waals surface area contributed by atoms with Gasteiger partial charge in [0, 0.05) is 28.4 Å². The van der Waals surface area contributed by atoms with Crippen LogP contribution in [-0.2, 0) is 16.0 Å². The molecule has 0 unspecified atom stereocenters. The minimum Gasteiger partial charge on any atom is -0.469 e. The Morgan fingerprint density at radius 1 is 0.844 bits per heavy atom. The van der Waals surface area contributed by atoms with Crippen molar-refractivity contribution in [2.24, 2.45) is 0 Å². The van der Waals surface area contributed by atoms with E-state index in [9.17, 15) is 9.59 Å². The van der Waals surface area contributed by atoms with Crippen LogP contribution in [0.2, 0.25) is 0 Å². The Bertz CT molecular complexity index is 1180. The van der Waals surface area contributed by atoms with E-state index in [1.807, 2.05) is 30.3 Å². The van der Waals surface area contributed by atoms with Crippen molar-refractivity contribution >= 4 is 40.7 Å². The topological polar surface area (TPSA) is 46.6 Å². The number of esters is 1. The molecule has 160 valence electrons. The van der Waals surface area contributed by atoms with Gasteiger partial charge in [0.25, 0.3) is 0 Å². The molecule has 0 aliphatic carbocycles. The maximum atomic E-state index is 11.4. The van der Waals surface area contributed by atoms with E-state index < -0.39 is 0 Å². The van der Waals surface area contributed by atoms with Gasteiger partial charge in [0.1, 0.15) is 0 Å². The van der Waals surface area contributed by atoms with E-state index >= 15 is 0 Å². The number of para-hydroxylation sites is 1. The van der Waals surface area contributed by atoms with Gasteiger partial charge in [-0.25, -0.2) is 0 Å². The van der Waals surface area contributed by atoms with Crippen LogP contribution in [0.3, 0.4) is 0 Å². The fraction of sp³-hybridized carbons (Fsp3) is 0.111. The van der Waals surface area contributed by atoms with Crippen molar-refractivity contribution in [1.82, 2.24) is 0 Å². The molecule has 1 heterocycles. The van der Waals surface area contributed by atoms with Gasteiger partial charge in [-0.05, 0) is 66.1 Å². The van der Waals surface area contributed by atoms with Crippen molar-refractivity contribution in [1.29, 1.82) is 0 Å². The minimum absolute atomic E-state index is 0.203. The van der Waals surface area contributed by atoms with Crippen LogP contribution in [-0.4, -0.2) is 19.4 Å². The zero-order valence-electron chi connectivity index (χ0n) is 17.7. The smallest absolute Gasteiger partial charge is 0.305 e. The number of nitrogens with zero attached hydrogens (tertiary/aromatic N) is 1. The van der Waals surface area contributed by atoms with Crippen LogP contribution in [0.1, 0.15) is 21.7 Å². The highest BCUT2D eigenvalue weighted by Gasteiger charge is 2.13. The molecule has 3 aromatic carbocycles. The maximum absolute atomic E-state index is 11.4. The second kappa shape index (κ2) is 10.1. The van der Waals surface area contributed by atoms with Crippen LogP contribution in [0, 0.1) is 0 Å². The van der Waals surface area contributed by atoms with Gasteiger partial charge in [0.15, 0.2) is 6.29 Å². The molecule has 5 heteroatoms. The molecule has 1 aromatic heterocycles. The molecule has 4 rings (SSSR count). The molecule has 4 nitrogen and oxygen atoms in total. The number of aryl methyl sites for hydroxylation is 1. The zero-order chi connectivity index (χ0) is 22.3. The standard InChI is InChI=1S/C27H23NO3S/c1-31-27(30)18-9-20-7-12-23(13-8-20)28(22-5-3-2-4-6-22)24-14-10-21(11-15-24)26-17-16-25(19-29)32-26/h2-8,10-17,19H,9,18H2,1H3. The lowest BCUT2D eigenvalue weighted by Crippen LogP contribution is -2.10. The molecule has 0 bridgehead atoms. The molecule has 4 aromatic rings. The molecule has 32 heavy (non-hydrogen) atoms. The van der Waals surface area contributed by atoms with Crippen LogP contribution in [0.25, 0.3) is 10.4 Å². The van der Waals surface area contributed by atoms with E-state index in [0.717, 1.165) is 44.2 Å². The molecule has 0 saturated heterocycles. The van der Waals surface area contributed by atoms with Gasteiger partial charge in [-0.15, -0.1) is 11.3 Å². The summed E-state index contributed by atoms with van der Waals surface area (Å²) in [6, 6.07) is 30.6. The number of hydrogen-bond donors (Lipinski definition) is 0. The predicted octanol–water partition coefficient (Wildman–Crippen LogP) is 6.80. The van der Waals surface area contributed by atoms with Crippen LogP contribution >= 0.6 is 11.3 Å². The summed E-state index contributed by atoms with van der Waals surface area (Å²) in [6.45, 7) is 0. The number of rotatable bonds is 8. The van der Waals surface area contributed by atoms with Gasteiger partial charge in [-0.3, -0.25) is 9.59 Å². The van der Waals surface area contributed by atoms with Crippen molar-refractivity contribution in [3.05, 3.63) is 101 Å². The molecular formula is C27H23NO3S. The number of thiophene rings is 1. The number of anilines is 3. The van der Waals surface area contributed by atoms with Crippen molar-refractivity contribution in [3.8, 4) is 10.4 Å². The second-order valence-electron chi connectivity index (χ2n) is 7.28. The van der Waals surface area contributed by atoms with E-state index in [1.165, 1.54) is 18.4 Å². The number of hydrogen-bond acceptors (Lipinski definition) is 5. The molecule has 0 radical (unpaired) electrons. The van der Waals surface area contributed by atoms with Gasteiger partial charge in [-0.2, -0.15) is 0 Å². The van der Waals surface area contributed by atoms with E-state index in [0.29, 0.717) is 12.8 Å². The van der Waals surface area contributed by atoms with E-state index in [4.69, 9.17) is 4.74 Å². The average molecular weight is 442 g/mol. The van der Waals surface area contributed by atoms with Crippen LogP contribution in [0.4, 0.5) is 17.1 Å². The number of ether oxygens (including phenoxy) is 1. The summed E-state index contributed by atoms with van der Waals surface area (Å²) >= 11 is 1.49. The monoisotopic (exact) mass is 441 g/mol. The summed E-state index contributed by atoms with van der Waals surface area (Å²) < 4.78 is 4.74. The Labute approximate surface area is 191 Å². The van der Waals surface area contributed by atoms with Crippen molar-refractivity contribution in [2.45, 2.75) is 12.8 Å². The van der Waals surface area contributed by atoms with Gasteiger partial charge < -0.3 is 9.64 Å². The van der Waals surface area contributed by atoms with E-state index in [-0.39, 0.29) is 5.97 Å². The largest absolute Gasteiger partial charge is 0.469 e. The lowest BCUT2D eigenvalue weighted by atomic mass is 10.1. The maximum Gasteiger partial charge on any atom is 0.305 e. The summed E-state index contributed by atoms with van der Waals surface area (Å²) in [6.07, 6.45) is 1.90. The van der Waals surface area contributed by atoms with Crippen molar-refractivity contribution in [3.63, 3.8) is 0 Å². The Morgan fingerprint density at radius 2 is 1.47 bits per heavy atom. The summed E-state index contributed by atoms with van der Waals surface area (Å²) in [5.74, 6) is -0.203. The summed E-state index contributed by atoms with van der Waals surface area (Å²) in [5, 5.41) is 0. The number of carbonyl (C=O) groups excluding carboxylic acids is 2. The molecule has 0 N–H and O–H groups in total. The number of methoxy groups -OCH3 is 1. The number of benzene rings is 3. The number of aldehydes is 1. The molecule has 0 amide bonds. The van der Waals surface area contributed by atoms with Gasteiger partial charge in [0.05, 0.1) is 12.0 Å². The molecular weight excluding hydrogens is 418 g/mol. The first-order valence-electron chi connectivity index (χ1n) is 10.3. The Kier molecular flexibility index (Phi) is 6.78. The van der Waals surface area contributed by atoms with Crippen molar-refractivity contribution < 1.29 is 14.3 Å². The van der Waals surface area contributed by atoms with E-state index in [2.05, 4.69) is 65.6 Å². The summed E-state index contributed by atoms with van der Waals surface area (Å²) in [5.41, 5.74) is 5.30. The first-order chi connectivity index (χ1) is 15.7. The molecule has 0 aliphatic rings. The van der Waals surface area contributed by atoms with Crippen molar-refractivity contribution in [2.75, 3.05) is 12.0 Å². The Morgan fingerprint density at radius 3 is 2.06 bits per heavy atom. The molecule has 0 atom stereocenters. The first-order valence-corrected chi connectivity index (χ1v) is 11.2. The van der Waals surface area contributed by atoms with Gasteiger partial charge in [-0.1, -0.05) is 42.5 Å². The fourth-order valence-corrected chi connectivity index (χ4v) is 4.36. The van der Waals surface area contributed by atoms with E-state index in [1.54, 1.807) is 0 Å². The highest BCUT2D eigenvalue weighted by Crippen LogP contribution is 2.36. The third kappa shape index (κ3) is 4.95. The molecule has 0 saturated carbocycles. The highest BCUT2D eigenvalue weighted by atomic mass is 32.1. The molecule has 0 spiro atoms. The zero-order valence-corrected chi connectivity index (χ0v) is 18.5. The second-order valence-corrected chi connectivity index (χ2v) is 8.40. The highest BCUT2D eigenvalue weighted by molar-refractivity contribution is 7.17. The number of carbonyl (C=O) groups is 2. The summed E-state index contributed by atoms with van der Waals surface area (Å²) in [4.78, 5) is 26.4. The van der Waals surface area contributed by atoms with Crippen LogP contribution in [0.15, 0.2) is 91.0 Å². The third-order valence-corrected chi connectivity index (χ3v) is 6.27. The van der Waals surface area contributed by atoms with Crippen LogP contribution in [0.5, 0.6) is 0 Å². The lowest BCUT2D eigenvalue weighted by Gasteiger charge is -2.25. The van der Waals surface area contributed by atoms with Crippen LogP contribution < -0.4 is 4.90 Å². The fourth-order valence-electron chi connectivity index (χ4n) is 3.53. The Hall–Kier alpha value is -3.70. The normalized spacial score (nSPS) is 10.5.